The first-order valence-electron chi connectivity index (χ1n) is 6.83. The Balaban J connectivity index is 1.79. The number of carbonyl (C=O) groups excluding carboxylic acids is 1. The van der Waals surface area contributed by atoms with Crippen LogP contribution >= 0.6 is 0 Å². The lowest BCUT2D eigenvalue weighted by Crippen LogP contribution is -2.48. The van der Waals surface area contributed by atoms with Crippen molar-refractivity contribution in [2.45, 2.75) is 38.3 Å². The van der Waals surface area contributed by atoms with Gasteiger partial charge < -0.3 is 15.4 Å². The molecule has 0 spiro atoms. The monoisotopic (exact) mass is 262 g/mol. The van der Waals surface area contributed by atoms with Crippen LogP contribution in [-0.2, 0) is 11.2 Å². The molecule has 4 heteroatoms. The van der Waals surface area contributed by atoms with E-state index < -0.39 is 0 Å². The molecule has 0 saturated carbocycles. The van der Waals surface area contributed by atoms with Crippen LogP contribution in [0.3, 0.4) is 0 Å². The van der Waals surface area contributed by atoms with Gasteiger partial charge in [-0.1, -0.05) is 12.1 Å². The van der Waals surface area contributed by atoms with Crippen molar-refractivity contribution in [3.8, 4) is 5.75 Å². The Morgan fingerprint density at radius 2 is 2.16 bits per heavy atom. The first kappa shape index (κ1) is 13.9. The van der Waals surface area contributed by atoms with Crippen molar-refractivity contribution in [2.24, 2.45) is 0 Å². The number of ether oxygens (including phenoxy) is 1. The normalized spacial score (nSPS) is 20.7. The van der Waals surface area contributed by atoms with E-state index in [4.69, 9.17) is 4.74 Å². The summed E-state index contributed by atoms with van der Waals surface area (Å²) in [6, 6.07) is 8.96. The second-order valence-corrected chi connectivity index (χ2v) is 5.16. The van der Waals surface area contributed by atoms with Gasteiger partial charge >= 0.3 is 0 Å². The summed E-state index contributed by atoms with van der Waals surface area (Å²) in [4.78, 5) is 11.1. The number of rotatable bonds is 5. The summed E-state index contributed by atoms with van der Waals surface area (Å²) in [5, 5.41) is 6.47. The molecule has 2 N–H and O–H groups in total. The number of amides is 1. The summed E-state index contributed by atoms with van der Waals surface area (Å²) >= 11 is 0. The molecule has 1 amide bonds. The van der Waals surface area contributed by atoms with Gasteiger partial charge in [0.1, 0.15) is 5.75 Å². The van der Waals surface area contributed by atoms with Gasteiger partial charge in [0.05, 0.1) is 7.11 Å². The molecule has 0 aliphatic carbocycles. The van der Waals surface area contributed by atoms with E-state index in [1.54, 1.807) is 7.11 Å². The minimum absolute atomic E-state index is 0.167. The van der Waals surface area contributed by atoms with E-state index in [0.717, 1.165) is 25.1 Å². The van der Waals surface area contributed by atoms with Crippen LogP contribution in [0.25, 0.3) is 0 Å². The van der Waals surface area contributed by atoms with Crippen LogP contribution < -0.4 is 15.4 Å². The summed E-state index contributed by atoms with van der Waals surface area (Å²) < 4.78 is 5.15. The zero-order valence-electron chi connectivity index (χ0n) is 11.6. The molecule has 2 rings (SSSR count). The largest absolute Gasteiger partial charge is 0.497 e. The molecule has 1 saturated heterocycles. The van der Waals surface area contributed by atoms with E-state index in [1.807, 2.05) is 12.1 Å². The molecule has 104 valence electrons. The lowest BCUT2D eigenvalue weighted by atomic mass is 10.0. The van der Waals surface area contributed by atoms with Crippen molar-refractivity contribution < 1.29 is 9.53 Å². The highest BCUT2D eigenvalue weighted by Gasteiger charge is 2.19. The van der Waals surface area contributed by atoms with Crippen LogP contribution in [0.2, 0.25) is 0 Å². The first-order chi connectivity index (χ1) is 9.17. The summed E-state index contributed by atoms with van der Waals surface area (Å²) in [7, 11) is 1.68. The molecule has 1 aliphatic rings. The quantitative estimate of drug-likeness (QED) is 0.845. The van der Waals surface area contributed by atoms with Gasteiger partial charge in [0.2, 0.25) is 5.91 Å². The molecule has 0 bridgehead atoms. The molecule has 19 heavy (non-hydrogen) atoms. The Hall–Kier alpha value is -1.55. The minimum Gasteiger partial charge on any atom is -0.497 e. The number of hydrogen-bond donors (Lipinski definition) is 2. The van der Waals surface area contributed by atoms with E-state index in [-0.39, 0.29) is 5.91 Å². The molecular weight excluding hydrogens is 240 g/mol. The Bertz CT molecular complexity index is 407. The molecular formula is C15H22N2O2. The highest BCUT2D eigenvalue weighted by Crippen LogP contribution is 2.13. The molecule has 1 heterocycles. The van der Waals surface area contributed by atoms with Gasteiger partial charge in [-0.15, -0.1) is 0 Å². The Labute approximate surface area is 114 Å². The third-order valence-electron chi connectivity index (χ3n) is 3.49. The zero-order valence-corrected chi connectivity index (χ0v) is 11.6. The molecule has 0 radical (unpaired) electrons. The van der Waals surface area contributed by atoms with E-state index in [9.17, 15) is 4.79 Å². The summed E-state index contributed by atoms with van der Waals surface area (Å²) in [5.41, 5.74) is 1.29. The molecule has 4 nitrogen and oxygen atoms in total. The Morgan fingerprint density at radius 1 is 1.42 bits per heavy atom. The van der Waals surface area contributed by atoms with Crippen LogP contribution in [-0.4, -0.2) is 31.6 Å². The second kappa shape index (κ2) is 6.57. The molecule has 0 aromatic heterocycles. The summed E-state index contributed by atoms with van der Waals surface area (Å²) in [6.07, 6.45) is 2.54. The zero-order chi connectivity index (χ0) is 13.7. The van der Waals surface area contributed by atoms with Crippen molar-refractivity contribution in [3.63, 3.8) is 0 Å². The van der Waals surface area contributed by atoms with Gasteiger partial charge in [0.15, 0.2) is 0 Å². The third-order valence-corrected chi connectivity index (χ3v) is 3.49. The van der Waals surface area contributed by atoms with E-state index >= 15 is 0 Å². The van der Waals surface area contributed by atoms with Crippen molar-refractivity contribution in [2.75, 3.05) is 13.7 Å². The fourth-order valence-corrected chi connectivity index (χ4v) is 2.45. The van der Waals surface area contributed by atoms with E-state index in [0.29, 0.717) is 18.5 Å². The lowest BCUT2D eigenvalue weighted by molar-refractivity contribution is -0.122. The van der Waals surface area contributed by atoms with E-state index in [2.05, 4.69) is 29.7 Å². The summed E-state index contributed by atoms with van der Waals surface area (Å²) in [5.74, 6) is 1.06. The standard InChI is InChI=1S/C15H22N2O2/c1-11(17-13-5-8-15(18)16-10-13)9-12-3-6-14(19-2)7-4-12/h3-4,6-7,11,13,17H,5,8-10H2,1-2H3,(H,16,18). The predicted octanol–water partition coefficient (Wildman–Crippen LogP) is 1.49. The van der Waals surface area contributed by atoms with Gasteiger partial charge in [-0.25, -0.2) is 0 Å². The Kier molecular flexibility index (Phi) is 4.80. The number of carbonyl (C=O) groups is 1. The second-order valence-electron chi connectivity index (χ2n) is 5.16. The minimum atomic E-state index is 0.167. The van der Waals surface area contributed by atoms with E-state index in [1.165, 1.54) is 5.56 Å². The third kappa shape index (κ3) is 4.24. The van der Waals surface area contributed by atoms with Gasteiger partial charge in [0, 0.05) is 25.0 Å². The highest BCUT2D eigenvalue weighted by molar-refractivity contribution is 5.76. The highest BCUT2D eigenvalue weighted by atomic mass is 16.5. The van der Waals surface area contributed by atoms with Gasteiger partial charge in [-0.05, 0) is 37.5 Å². The number of piperidine rings is 1. The maximum atomic E-state index is 11.1. The van der Waals surface area contributed by atoms with Crippen LogP contribution in [0.4, 0.5) is 0 Å². The molecule has 2 atom stereocenters. The number of hydrogen-bond acceptors (Lipinski definition) is 3. The van der Waals surface area contributed by atoms with Gasteiger partial charge in [-0.2, -0.15) is 0 Å². The van der Waals surface area contributed by atoms with Gasteiger partial charge in [0.25, 0.3) is 0 Å². The number of methoxy groups -OCH3 is 1. The Morgan fingerprint density at radius 3 is 2.74 bits per heavy atom. The topological polar surface area (TPSA) is 50.4 Å². The van der Waals surface area contributed by atoms with Crippen molar-refractivity contribution >= 4 is 5.91 Å². The fraction of sp³-hybridized carbons (Fsp3) is 0.533. The lowest BCUT2D eigenvalue weighted by Gasteiger charge is -2.27. The maximum absolute atomic E-state index is 11.1. The van der Waals surface area contributed by atoms with Crippen molar-refractivity contribution in [3.05, 3.63) is 29.8 Å². The molecule has 1 aromatic carbocycles. The molecule has 1 fully saturated rings. The fourth-order valence-electron chi connectivity index (χ4n) is 2.45. The van der Waals surface area contributed by atoms with Crippen LogP contribution in [0.5, 0.6) is 5.75 Å². The average Bonchev–Trinajstić information content (AvgIpc) is 2.42. The van der Waals surface area contributed by atoms with Crippen molar-refractivity contribution in [1.29, 1.82) is 0 Å². The molecule has 1 aliphatic heterocycles. The number of benzene rings is 1. The van der Waals surface area contributed by atoms with Crippen LogP contribution in [0.15, 0.2) is 24.3 Å². The predicted molar refractivity (Wildman–Crippen MR) is 75.3 cm³/mol. The number of nitrogens with one attached hydrogen (secondary N) is 2. The maximum Gasteiger partial charge on any atom is 0.220 e. The smallest absolute Gasteiger partial charge is 0.220 e. The van der Waals surface area contributed by atoms with Crippen LogP contribution in [0.1, 0.15) is 25.3 Å². The SMILES string of the molecule is COc1ccc(CC(C)NC2CCC(=O)NC2)cc1. The first-order valence-corrected chi connectivity index (χ1v) is 6.83. The average molecular weight is 262 g/mol. The van der Waals surface area contributed by atoms with Crippen molar-refractivity contribution in [1.82, 2.24) is 10.6 Å². The van der Waals surface area contributed by atoms with Crippen LogP contribution in [0, 0.1) is 0 Å². The molecule has 1 aromatic rings. The van der Waals surface area contributed by atoms with Gasteiger partial charge in [-0.3, -0.25) is 4.79 Å². The summed E-state index contributed by atoms with van der Waals surface area (Å²) in [6.45, 7) is 2.92. The molecule has 2 unspecified atom stereocenters.